The van der Waals surface area contributed by atoms with Crippen LogP contribution in [0.15, 0.2) is 0 Å². The lowest BCUT2D eigenvalue weighted by Crippen LogP contribution is -2.38. The standard InChI is InChI=1S/C11H26N2/c1-5-11(6-2)9-13(7-3)8-10(4)12/h10-11H,5-9,12H2,1-4H3/t10-/m1/s1. The molecule has 2 heteroatoms. The highest BCUT2D eigenvalue weighted by atomic mass is 15.1. The van der Waals surface area contributed by atoms with E-state index < -0.39 is 0 Å². The molecule has 0 unspecified atom stereocenters. The van der Waals surface area contributed by atoms with Crippen molar-refractivity contribution >= 4 is 0 Å². The Hall–Kier alpha value is -0.0800. The van der Waals surface area contributed by atoms with Crippen molar-refractivity contribution < 1.29 is 0 Å². The highest BCUT2D eigenvalue weighted by Crippen LogP contribution is 2.09. The molecular formula is C11H26N2. The third-order valence-corrected chi connectivity index (χ3v) is 2.66. The van der Waals surface area contributed by atoms with Crippen molar-refractivity contribution in [2.45, 2.75) is 46.6 Å². The lowest BCUT2D eigenvalue weighted by molar-refractivity contribution is 0.224. The Kier molecular flexibility index (Phi) is 7.29. The SMILES string of the molecule is CCC(CC)CN(CC)C[C@@H](C)N. The van der Waals surface area contributed by atoms with Crippen molar-refractivity contribution in [1.29, 1.82) is 0 Å². The molecule has 0 aromatic rings. The van der Waals surface area contributed by atoms with Crippen LogP contribution in [-0.4, -0.2) is 30.6 Å². The average molecular weight is 186 g/mol. The molecule has 0 aromatic carbocycles. The molecule has 0 rings (SSSR count). The monoisotopic (exact) mass is 186 g/mol. The minimum absolute atomic E-state index is 0.300. The number of nitrogens with two attached hydrogens (primary N) is 1. The van der Waals surface area contributed by atoms with Crippen LogP contribution in [0.2, 0.25) is 0 Å². The van der Waals surface area contributed by atoms with Gasteiger partial charge in [-0.3, -0.25) is 0 Å². The highest BCUT2D eigenvalue weighted by molar-refractivity contribution is 4.66. The lowest BCUT2D eigenvalue weighted by Gasteiger charge is -2.26. The first-order chi connectivity index (χ1) is 6.13. The Morgan fingerprint density at radius 1 is 1.08 bits per heavy atom. The van der Waals surface area contributed by atoms with E-state index in [9.17, 15) is 0 Å². The van der Waals surface area contributed by atoms with Gasteiger partial charge in [-0.1, -0.05) is 33.6 Å². The summed E-state index contributed by atoms with van der Waals surface area (Å²) in [6, 6.07) is 0.300. The maximum atomic E-state index is 5.79. The molecule has 0 heterocycles. The molecule has 0 aliphatic heterocycles. The molecule has 2 N–H and O–H groups in total. The molecule has 0 saturated heterocycles. The molecular weight excluding hydrogens is 160 g/mol. The summed E-state index contributed by atoms with van der Waals surface area (Å²) >= 11 is 0. The highest BCUT2D eigenvalue weighted by Gasteiger charge is 2.10. The molecule has 0 aliphatic carbocycles. The zero-order valence-corrected chi connectivity index (χ0v) is 9.71. The predicted octanol–water partition coefficient (Wildman–Crippen LogP) is 2.09. The molecule has 0 aromatic heterocycles. The molecule has 80 valence electrons. The predicted molar refractivity (Wildman–Crippen MR) is 59.8 cm³/mol. The van der Waals surface area contributed by atoms with E-state index in [1.54, 1.807) is 0 Å². The van der Waals surface area contributed by atoms with Gasteiger partial charge >= 0.3 is 0 Å². The van der Waals surface area contributed by atoms with E-state index in [-0.39, 0.29) is 0 Å². The smallest absolute Gasteiger partial charge is 0.0139 e. The van der Waals surface area contributed by atoms with Crippen molar-refractivity contribution in [3.05, 3.63) is 0 Å². The van der Waals surface area contributed by atoms with Gasteiger partial charge in [-0.05, 0) is 19.4 Å². The van der Waals surface area contributed by atoms with Crippen molar-refractivity contribution in [1.82, 2.24) is 4.90 Å². The fourth-order valence-corrected chi connectivity index (χ4v) is 1.65. The molecule has 0 fully saturated rings. The topological polar surface area (TPSA) is 29.3 Å². The van der Waals surface area contributed by atoms with Gasteiger partial charge < -0.3 is 10.6 Å². The quantitative estimate of drug-likeness (QED) is 0.659. The molecule has 0 radical (unpaired) electrons. The Morgan fingerprint density at radius 3 is 1.92 bits per heavy atom. The third kappa shape index (κ3) is 6.05. The van der Waals surface area contributed by atoms with Crippen LogP contribution in [0.1, 0.15) is 40.5 Å². The Bertz CT molecular complexity index is 109. The van der Waals surface area contributed by atoms with E-state index in [1.807, 2.05) is 0 Å². The summed E-state index contributed by atoms with van der Waals surface area (Å²) in [5.41, 5.74) is 5.79. The normalized spacial score (nSPS) is 14.1. The summed E-state index contributed by atoms with van der Waals surface area (Å²) in [7, 11) is 0. The van der Waals surface area contributed by atoms with Crippen molar-refractivity contribution in [3.63, 3.8) is 0 Å². The molecule has 1 atom stereocenters. The first kappa shape index (κ1) is 12.9. The van der Waals surface area contributed by atoms with Gasteiger partial charge in [0.2, 0.25) is 0 Å². The van der Waals surface area contributed by atoms with Gasteiger partial charge in [0.05, 0.1) is 0 Å². The van der Waals surface area contributed by atoms with Crippen LogP contribution in [-0.2, 0) is 0 Å². The van der Waals surface area contributed by atoms with Crippen LogP contribution in [0.4, 0.5) is 0 Å². The van der Waals surface area contributed by atoms with E-state index in [4.69, 9.17) is 5.73 Å². The maximum Gasteiger partial charge on any atom is 0.0139 e. The number of likely N-dealkylation sites (N-methyl/N-ethyl adjacent to an activating group) is 1. The van der Waals surface area contributed by atoms with Gasteiger partial charge in [-0.25, -0.2) is 0 Å². The van der Waals surface area contributed by atoms with Crippen molar-refractivity contribution in [2.75, 3.05) is 19.6 Å². The van der Waals surface area contributed by atoms with Crippen LogP contribution in [0.3, 0.4) is 0 Å². The van der Waals surface area contributed by atoms with Crippen LogP contribution < -0.4 is 5.73 Å². The summed E-state index contributed by atoms with van der Waals surface area (Å²) in [5.74, 6) is 0.846. The second-order valence-electron chi connectivity index (χ2n) is 4.01. The zero-order valence-electron chi connectivity index (χ0n) is 9.71. The van der Waals surface area contributed by atoms with Gasteiger partial charge in [-0.15, -0.1) is 0 Å². The molecule has 0 amide bonds. The minimum atomic E-state index is 0.300. The van der Waals surface area contributed by atoms with Crippen LogP contribution in [0.5, 0.6) is 0 Å². The molecule has 2 nitrogen and oxygen atoms in total. The second kappa shape index (κ2) is 7.34. The lowest BCUT2D eigenvalue weighted by atomic mass is 10.0. The van der Waals surface area contributed by atoms with E-state index in [1.165, 1.54) is 19.4 Å². The van der Waals surface area contributed by atoms with Gasteiger partial charge in [0, 0.05) is 19.1 Å². The van der Waals surface area contributed by atoms with E-state index >= 15 is 0 Å². The average Bonchev–Trinajstić information content (AvgIpc) is 2.11. The minimum Gasteiger partial charge on any atom is -0.327 e. The van der Waals surface area contributed by atoms with Gasteiger partial charge in [0.15, 0.2) is 0 Å². The fourth-order valence-electron chi connectivity index (χ4n) is 1.65. The van der Waals surface area contributed by atoms with E-state index in [2.05, 4.69) is 32.6 Å². The third-order valence-electron chi connectivity index (χ3n) is 2.66. The summed E-state index contributed by atoms with van der Waals surface area (Å²) in [6.07, 6.45) is 2.57. The van der Waals surface area contributed by atoms with Crippen LogP contribution in [0.25, 0.3) is 0 Å². The summed E-state index contributed by atoms with van der Waals surface area (Å²) in [6.45, 7) is 12.2. The number of rotatable bonds is 7. The first-order valence-corrected chi connectivity index (χ1v) is 5.61. The molecule has 0 saturated carbocycles. The Balaban J connectivity index is 3.80. The molecule has 13 heavy (non-hydrogen) atoms. The Labute approximate surface area is 83.5 Å². The summed E-state index contributed by atoms with van der Waals surface area (Å²) in [5, 5.41) is 0. The summed E-state index contributed by atoms with van der Waals surface area (Å²) in [4.78, 5) is 2.46. The molecule has 0 aliphatic rings. The number of hydrogen-bond donors (Lipinski definition) is 1. The van der Waals surface area contributed by atoms with Gasteiger partial charge in [0.1, 0.15) is 0 Å². The van der Waals surface area contributed by atoms with Gasteiger partial charge in [-0.2, -0.15) is 0 Å². The van der Waals surface area contributed by atoms with Crippen molar-refractivity contribution in [2.24, 2.45) is 11.7 Å². The summed E-state index contributed by atoms with van der Waals surface area (Å²) < 4.78 is 0. The van der Waals surface area contributed by atoms with Crippen molar-refractivity contribution in [3.8, 4) is 0 Å². The molecule has 0 bridgehead atoms. The van der Waals surface area contributed by atoms with E-state index in [0.717, 1.165) is 19.0 Å². The zero-order chi connectivity index (χ0) is 10.3. The first-order valence-electron chi connectivity index (χ1n) is 5.61. The second-order valence-corrected chi connectivity index (χ2v) is 4.01. The largest absolute Gasteiger partial charge is 0.327 e. The Morgan fingerprint density at radius 2 is 1.62 bits per heavy atom. The van der Waals surface area contributed by atoms with E-state index in [0.29, 0.717) is 6.04 Å². The number of nitrogens with zero attached hydrogens (tertiary/aromatic N) is 1. The van der Waals surface area contributed by atoms with Crippen LogP contribution in [0, 0.1) is 5.92 Å². The molecule has 0 spiro atoms. The van der Waals surface area contributed by atoms with Crippen LogP contribution >= 0.6 is 0 Å². The maximum absolute atomic E-state index is 5.79. The number of hydrogen-bond acceptors (Lipinski definition) is 2. The fraction of sp³-hybridized carbons (Fsp3) is 1.00. The van der Waals surface area contributed by atoms with Gasteiger partial charge in [0.25, 0.3) is 0 Å².